The molecule has 12 rings (SSSR count). The van der Waals surface area contributed by atoms with Gasteiger partial charge < -0.3 is 0 Å². The predicted octanol–water partition coefficient (Wildman–Crippen LogP) is 4.06. The van der Waals surface area contributed by atoms with Crippen molar-refractivity contribution in [2.45, 2.75) is 38.5 Å². The molecule has 0 aromatic carbocycles. The highest BCUT2D eigenvalue weighted by atomic mass is 15.0. The zero-order valence-corrected chi connectivity index (χ0v) is 13.3. The first-order valence-electron chi connectivity index (χ1n) is 10.9. The topological polar surface area (TPSA) is 0 Å². The molecule has 0 heterocycles. The molecule has 0 spiro atoms. The number of rotatable bonds is 1. The summed E-state index contributed by atoms with van der Waals surface area (Å²) in [6, 6.07) is 0. The molecule has 12 saturated carbocycles. The Kier molecular flexibility index (Phi) is 1.07. The van der Waals surface area contributed by atoms with Gasteiger partial charge >= 0.3 is 0 Å². The minimum absolute atomic E-state index is 0.978. The molecule has 0 amide bonds. The first kappa shape index (κ1) is 10.1. The average Bonchev–Trinajstić information content (AvgIpc) is 3.26. The summed E-state index contributed by atoms with van der Waals surface area (Å²) in [7, 11) is 0. The molecular formula is C22H26. The second-order valence-corrected chi connectivity index (χ2v) is 12.1. The molecule has 0 radical (unpaired) electrons. The third-order valence-electron chi connectivity index (χ3n) is 12.4. The fourth-order valence-corrected chi connectivity index (χ4v) is 12.6. The molecule has 12 aliphatic rings. The van der Waals surface area contributed by atoms with E-state index in [4.69, 9.17) is 0 Å². The molecule has 12 aliphatic carbocycles. The van der Waals surface area contributed by atoms with Crippen LogP contribution >= 0.6 is 0 Å². The molecule has 0 nitrogen and oxygen atoms in total. The van der Waals surface area contributed by atoms with Crippen molar-refractivity contribution in [3.63, 3.8) is 0 Å². The Morgan fingerprint density at radius 2 is 0.591 bits per heavy atom. The lowest BCUT2D eigenvalue weighted by atomic mass is 9.41. The van der Waals surface area contributed by atoms with Gasteiger partial charge in [-0.3, -0.25) is 0 Å². The monoisotopic (exact) mass is 290 g/mol. The molecular weight excluding hydrogens is 264 g/mol. The molecule has 12 atom stereocenters. The quantitative estimate of drug-likeness (QED) is 0.683. The van der Waals surface area contributed by atoms with Gasteiger partial charge in [0, 0.05) is 0 Å². The minimum atomic E-state index is 0.978. The Bertz CT molecular complexity index is 554. The Balaban J connectivity index is 1.33. The zero-order valence-electron chi connectivity index (χ0n) is 13.3. The molecule has 0 saturated heterocycles. The molecule has 0 unspecified atom stereocenters. The van der Waals surface area contributed by atoms with Gasteiger partial charge in [-0.25, -0.2) is 0 Å². The van der Waals surface area contributed by atoms with E-state index in [1.807, 2.05) is 0 Å². The maximum atomic E-state index is 1.72. The molecule has 0 heteroatoms. The number of hydrogen-bond acceptors (Lipinski definition) is 0. The SMILES string of the molecule is C1[C@@H]2C3[C@H]4C[C@H]4C(C45[C@@H]6C[C@@H]6C([C@H]6C[C@H]64)[C@H]4C[C@H]45)([C@H]12)[C@@H]1C[C@H]31. The van der Waals surface area contributed by atoms with E-state index < -0.39 is 0 Å². The Hall–Kier alpha value is 0. The van der Waals surface area contributed by atoms with Crippen LogP contribution in [0.5, 0.6) is 0 Å². The van der Waals surface area contributed by atoms with E-state index in [0.29, 0.717) is 0 Å². The molecule has 0 aromatic rings. The summed E-state index contributed by atoms with van der Waals surface area (Å²) < 4.78 is 0. The fourth-order valence-electron chi connectivity index (χ4n) is 12.6. The highest BCUT2D eigenvalue weighted by Crippen LogP contribution is 3.00. The fraction of sp³-hybridized carbons (Fsp3) is 1.00. The second-order valence-electron chi connectivity index (χ2n) is 12.1. The molecule has 22 heavy (non-hydrogen) atoms. The Morgan fingerprint density at radius 3 is 0.818 bits per heavy atom. The van der Waals surface area contributed by atoms with E-state index in [1.165, 1.54) is 82.9 Å². The van der Waals surface area contributed by atoms with Crippen LogP contribution in [0.15, 0.2) is 0 Å². The van der Waals surface area contributed by atoms with Gasteiger partial charge in [0.25, 0.3) is 0 Å². The van der Waals surface area contributed by atoms with Gasteiger partial charge in [0.2, 0.25) is 0 Å². The molecule has 0 N–H and O–H groups in total. The van der Waals surface area contributed by atoms with Crippen LogP contribution in [0.1, 0.15) is 38.5 Å². The van der Waals surface area contributed by atoms with Crippen molar-refractivity contribution in [3.05, 3.63) is 0 Å². The standard InChI is InChI=1S/C22H26/c1-7-13(1)21(14-2-8(14)19(7)9-3-15(9)21)22-16-4-10(16)20(11-5-17(11)22)12-6-18(12)22/h7-20H,1-6H2/t7-,8-,9-,10-,11-,12-,13+,14+,15+,16+,17+,18+,19?,20?,21?,22?/m0/s1. The lowest BCUT2D eigenvalue weighted by molar-refractivity contribution is -0.171. The van der Waals surface area contributed by atoms with Crippen molar-refractivity contribution in [1.29, 1.82) is 0 Å². The van der Waals surface area contributed by atoms with Crippen molar-refractivity contribution in [2.75, 3.05) is 0 Å². The van der Waals surface area contributed by atoms with E-state index in [1.54, 1.807) is 38.5 Å². The van der Waals surface area contributed by atoms with Crippen molar-refractivity contribution in [2.24, 2.45) is 93.7 Å². The van der Waals surface area contributed by atoms with Crippen LogP contribution < -0.4 is 0 Å². The normalized spacial score (nSPS) is 92.7. The summed E-state index contributed by atoms with van der Waals surface area (Å²) in [6.45, 7) is 0. The first-order valence-corrected chi connectivity index (χ1v) is 10.9. The van der Waals surface area contributed by atoms with Gasteiger partial charge in [-0.1, -0.05) is 0 Å². The molecule has 0 aromatic heterocycles. The van der Waals surface area contributed by atoms with Crippen LogP contribution in [0.4, 0.5) is 0 Å². The van der Waals surface area contributed by atoms with E-state index in [-0.39, 0.29) is 0 Å². The van der Waals surface area contributed by atoms with Crippen LogP contribution in [0.2, 0.25) is 0 Å². The van der Waals surface area contributed by atoms with E-state index in [0.717, 1.165) is 10.8 Å². The first-order chi connectivity index (χ1) is 10.9. The third-order valence-corrected chi connectivity index (χ3v) is 12.4. The minimum Gasteiger partial charge on any atom is -0.0462 e. The smallest absolute Gasteiger partial charge is 0.0139 e. The summed E-state index contributed by atoms with van der Waals surface area (Å²) in [5, 5.41) is 0. The predicted molar refractivity (Wildman–Crippen MR) is 81.4 cm³/mol. The zero-order chi connectivity index (χ0) is 13.3. The highest BCUT2D eigenvalue weighted by Gasteiger charge is 2.95. The summed E-state index contributed by atoms with van der Waals surface area (Å²) in [6.07, 6.45) is 10.3. The van der Waals surface area contributed by atoms with Crippen LogP contribution in [-0.2, 0) is 0 Å². The average molecular weight is 290 g/mol. The van der Waals surface area contributed by atoms with Gasteiger partial charge in [0.15, 0.2) is 0 Å². The van der Waals surface area contributed by atoms with Crippen molar-refractivity contribution in [3.8, 4) is 0 Å². The van der Waals surface area contributed by atoms with Crippen LogP contribution in [0.3, 0.4) is 0 Å². The largest absolute Gasteiger partial charge is 0.0462 e. The van der Waals surface area contributed by atoms with E-state index in [2.05, 4.69) is 0 Å². The molecule has 12 fully saturated rings. The van der Waals surface area contributed by atoms with Gasteiger partial charge in [0.05, 0.1) is 0 Å². The van der Waals surface area contributed by atoms with Crippen LogP contribution in [0.25, 0.3) is 0 Å². The second kappa shape index (κ2) is 2.33. The summed E-state index contributed by atoms with van der Waals surface area (Å²) >= 11 is 0. The van der Waals surface area contributed by atoms with Gasteiger partial charge in [-0.2, -0.15) is 0 Å². The lowest BCUT2D eigenvalue weighted by Crippen LogP contribution is -2.60. The lowest BCUT2D eigenvalue weighted by Gasteiger charge is -2.63. The van der Waals surface area contributed by atoms with Crippen LogP contribution in [0, 0.1) is 93.7 Å². The van der Waals surface area contributed by atoms with E-state index in [9.17, 15) is 0 Å². The van der Waals surface area contributed by atoms with E-state index >= 15 is 0 Å². The van der Waals surface area contributed by atoms with Crippen LogP contribution in [-0.4, -0.2) is 0 Å². The summed E-state index contributed by atoms with van der Waals surface area (Å²) in [5.41, 5.74) is 1.96. The van der Waals surface area contributed by atoms with Gasteiger partial charge in [-0.15, -0.1) is 0 Å². The van der Waals surface area contributed by atoms with Crippen molar-refractivity contribution in [1.82, 2.24) is 0 Å². The summed E-state index contributed by atoms with van der Waals surface area (Å²) in [4.78, 5) is 0. The maximum Gasteiger partial charge on any atom is -0.0139 e. The number of hydrogen-bond donors (Lipinski definition) is 0. The van der Waals surface area contributed by atoms with Crippen molar-refractivity contribution < 1.29 is 0 Å². The Labute approximate surface area is 132 Å². The van der Waals surface area contributed by atoms with Gasteiger partial charge in [0.1, 0.15) is 0 Å². The van der Waals surface area contributed by atoms with Crippen molar-refractivity contribution >= 4 is 0 Å². The molecule has 0 aliphatic heterocycles. The molecule has 114 valence electrons. The highest BCUT2D eigenvalue weighted by molar-refractivity contribution is 5.43. The molecule has 4 bridgehead atoms. The Morgan fingerprint density at radius 1 is 0.364 bits per heavy atom. The maximum absolute atomic E-state index is 1.72. The third kappa shape index (κ3) is 0.655. The summed E-state index contributed by atoms with van der Waals surface area (Å²) in [5.74, 6) is 17.9. The van der Waals surface area contributed by atoms with Gasteiger partial charge in [-0.05, 0) is 132 Å².